The van der Waals surface area contributed by atoms with Crippen LogP contribution in [0.15, 0.2) is 0 Å². The molecule has 0 spiro atoms. The van der Waals surface area contributed by atoms with Crippen molar-refractivity contribution in [2.45, 2.75) is 20.3 Å². The van der Waals surface area contributed by atoms with Gasteiger partial charge in [0.2, 0.25) is 0 Å². The van der Waals surface area contributed by atoms with E-state index in [0.717, 1.165) is 0 Å². The number of ether oxygens (including phenoxy) is 1. The van der Waals surface area contributed by atoms with E-state index in [2.05, 4.69) is 0 Å². The third-order valence-corrected chi connectivity index (χ3v) is 1.74. The van der Waals surface area contributed by atoms with Crippen molar-refractivity contribution in [3.8, 4) is 0 Å². The fourth-order valence-electron chi connectivity index (χ4n) is 0.624. The summed E-state index contributed by atoms with van der Waals surface area (Å²) in [5.74, 6) is -1.04. The van der Waals surface area contributed by atoms with Gasteiger partial charge in [-0.2, -0.15) is 0 Å². The summed E-state index contributed by atoms with van der Waals surface area (Å²) in [5.41, 5.74) is -0.825. The lowest BCUT2D eigenvalue weighted by atomic mass is 9.89. The third kappa shape index (κ3) is 1.99. The summed E-state index contributed by atoms with van der Waals surface area (Å²) in [6, 6.07) is 0. The van der Waals surface area contributed by atoms with Crippen LogP contribution >= 0.6 is 0 Å². The Bertz CT molecular complexity index is 122. The van der Waals surface area contributed by atoms with Crippen molar-refractivity contribution in [1.29, 1.82) is 0 Å². The zero-order valence-corrected chi connectivity index (χ0v) is 6.64. The molecule has 0 N–H and O–H groups in total. The van der Waals surface area contributed by atoms with E-state index in [-0.39, 0.29) is 6.61 Å². The average molecular weight is 145 g/mol. The smallest absolute Gasteiger partial charge is 0.0568 e. The molecule has 0 aromatic rings. The highest BCUT2D eigenvalue weighted by molar-refractivity contribution is 5.71. The number of methoxy groups -OCH3 is 1. The maximum Gasteiger partial charge on any atom is 0.0568 e. The normalized spacial score (nSPS) is 16.3. The zero-order valence-electron chi connectivity index (χ0n) is 6.64. The van der Waals surface area contributed by atoms with Gasteiger partial charge >= 0.3 is 0 Å². The number of carboxylic acids is 1. The molecule has 60 valence electrons. The number of rotatable bonds is 4. The van der Waals surface area contributed by atoms with E-state index in [1.807, 2.05) is 0 Å². The minimum absolute atomic E-state index is 0.214. The van der Waals surface area contributed by atoms with Crippen LogP contribution in [0.4, 0.5) is 0 Å². The van der Waals surface area contributed by atoms with Crippen molar-refractivity contribution in [1.82, 2.24) is 0 Å². The second kappa shape index (κ2) is 3.56. The number of carbonyl (C=O) groups excluding carboxylic acids is 1. The molecular formula is C7H13O3-. The molecule has 0 fully saturated rings. The minimum atomic E-state index is -1.04. The van der Waals surface area contributed by atoms with Crippen LogP contribution in [0.25, 0.3) is 0 Å². The van der Waals surface area contributed by atoms with Gasteiger partial charge in [0.05, 0.1) is 6.61 Å². The van der Waals surface area contributed by atoms with Crippen molar-refractivity contribution >= 4 is 5.97 Å². The molecule has 0 aliphatic carbocycles. The first-order valence-corrected chi connectivity index (χ1v) is 3.27. The van der Waals surface area contributed by atoms with Gasteiger partial charge in [0.1, 0.15) is 0 Å². The average Bonchev–Trinajstić information content (AvgIpc) is 1.88. The Labute approximate surface area is 61.0 Å². The molecule has 0 rings (SSSR count). The van der Waals surface area contributed by atoms with E-state index >= 15 is 0 Å². The van der Waals surface area contributed by atoms with Crippen LogP contribution in [0.3, 0.4) is 0 Å². The monoisotopic (exact) mass is 145 g/mol. The van der Waals surface area contributed by atoms with Gasteiger partial charge in [0.15, 0.2) is 0 Å². The fourth-order valence-corrected chi connectivity index (χ4v) is 0.624. The first-order chi connectivity index (χ1) is 4.56. The number of hydrogen-bond donors (Lipinski definition) is 0. The molecule has 0 saturated heterocycles. The molecule has 0 amide bonds. The van der Waals surface area contributed by atoms with Crippen molar-refractivity contribution in [2.75, 3.05) is 13.7 Å². The Kier molecular flexibility index (Phi) is 3.36. The molecule has 0 bridgehead atoms. The van der Waals surface area contributed by atoms with Crippen LogP contribution in [0.5, 0.6) is 0 Å². The number of carbonyl (C=O) groups is 1. The summed E-state index contributed by atoms with van der Waals surface area (Å²) in [4.78, 5) is 10.5. The van der Waals surface area contributed by atoms with Crippen molar-refractivity contribution < 1.29 is 14.6 Å². The molecule has 0 heterocycles. The Hall–Kier alpha value is -0.570. The Balaban J connectivity index is 4.08. The molecule has 0 radical (unpaired) electrons. The standard InChI is InChI=1S/C7H14O3/c1-4-7(2,5-10-3)6(8)9/h4-5H2,1-3H3,(H,8,9)/p-1. The molecule has 1 atom stereocenters. The molecule has 3 heteroatoms. The van der Waals surface area contributed by atoms with Crippen LogP contribution in [0, 0.1) is 5.41 Å². The lowest BCUT2D eigenvalue weighted by Gasteiger charge is -2.27. The highest BCUT2D eigenvalue weighted by atomic mass is 16.5. The molecule has 0 aliphatic heterocycles. The van der Waals surface area contributed by atoms with Crippen LogP contribution in [-0.4, -0.2) is 19.7 Å². The Morgan fingerprint density at radius 1 is 1.70 bits per heavy atom. The molecule has 1 unspecified atom stereocenters. The van der Waals surface area contributed by atoms with Gasteiger partial charge in [-0.15, -0.1) is 0 Å². The quantitative estimate of drug-likeness (QED) is 0.550. The molecule has 3 nitrogen and oxygen atoms in total. The van der Waals surface area contributed by atoms with Gasteiger partial charge < -0.3 is 14.6 Å². The highest BCUT2D eigenvalue weighted by Gasteiger charge is 2.22. The van der Waals surface area contributed by atoms with Crippen LogP contribution in [-0.2, 0) is 9.53 Å². The van der Waals surface area contributed by atoms with Crippen LogP contribution < -0.4 is 5.11 Å². The van der Waals surface area contributed by atoms with E-state index in [0.29, 0.717) is 6.42 Å². The van der Waals surface area contributed by atoms with E-state index in [1.165, 1.54) is 7.11 Å². The Morgan fingerprint density at radius 3 is 2.30 bits per heavy atom. The maximum absolute atomic E-state index is 10.5. The largest absolute Gasteiger partial charge is 0.549 e. The Morgan fingerprint density at radius 2 is 2.20 bits per heavy atom. The summed E-state index contributed by atoms with van der Waals surface area (Å²) in [6.45, 7) is 3.63. The first kappa shape index (κ1) is 9.43. The lowest BCUT2D eigenvalue weighted by molar-refractivity contribution is -0.320. The predicted molar refractivity (Wildman–Crippen MR) is 35.3 cm³/mol. The zero-order chi connectivity index (χ0) is 8.20. The summed E-state index contributed by atoms with van der Waals surface area (Å²) in [5, 5.41) is 10.5. The second-order valence-corrected chi connectivity index (χ2v) is 2.63. The maximum atomic E-state index is 10.5. The van der Waals surface area contributed by atoms with E-state index in [9.17, 15) is 9.90 Å². The predicted octanol–water partition coefficient (Wildman–Crippen LogP) is -0.201. The molecule has 0 saturated carbocycles. The van der Waals surface area contributed by atoms with Crippen LogP contribution in [0.1, 0.15) is 20.3 Å². The summed E-state index contributed by atoms with van der Waals surface area (Å²) < 4.78 is 4.74. The summed E-state index contributed by atoms with van der Waals surface area (Å²) >= 11 is 0. The van der Waals surface area contributed by atoms with Crippen LogP contribution in [0.2, 0.25) is 0 Å². The van der Waals surface area contributed by atoms with Crippen molar-refractivity contribution in [2.24, 2.45) is 5.41 Å². The highest BCUT2D eigenvalue weighted by Crippen LogP contribution is 2.19. The van der Waals surface area contributed by atoms with E-state index < -0.39 is 11.4 Å². The van der Waals surface area contributed by atoms with Gasteiger partial charge in [-0.25, -0.2) is 0 Å². The molecule has 10 heavy (non-hydrogen) atoms. The second-order valence-electron chi connectivity index (χ2n) is 2.63. The summed E-state index contributed by atoms with van der Waals surface area (Å²) in [7, 11) is 1.48. The van der Waals surface area contributed by atoms with Crippen molar-refractivity contribution in [3.63, 3.8) is 0 Å². The van der Waals surface area contributed by atoms with Crippen molar-refractivity contribution in [3.05, 3.63) is 0 Å². The van der Waals surface area contributed by atoms with Gasteiger partial charge in [0, 0.05) is 18.5 Å². The van der Waals surface area contributed by atoms with Gasteiger partial charge in [-0.3, -0.25) is 0 Å². The van der Waals surface area contributed by atoms with Gasteiger partial charge in [-0.1, -0.05) is 13.8 Å². The topological polar surface area (TPSA) is 49.4 Å². The molecule has 0 aromatic carbocycles. The number of aliphatic carboxylic acids is 1. The molecular weight excluding hydrogens is 132 g/mol. The fraction of sp³-hybridized carbons (Fsp3) is 0.857. The lowest BCUT2D eigenvalue weighted by Crippen LogP contribution is -2.42. The molecule has 0 aromatic heterocycles. The first-order valence-electron chi connectivity index (χ1n) is 3.27. The van der Waals surface area contributed by atoms with Gasteiger partial charge in [-0.05, 0) is 6.42 Å². The minimum Gasteiger partial charge on any atom is -0.549 e. The number of carboxylic acid groups (broad SMARTS) is 1. The molecule has 0 aliphatic rings. The third-order valence-electron chi connectivity index (χ3n) is 1.74. The van der Waals surface area contributed by atoms with E-state index in [1.54, 1.807) is 13.8 Å². The van der Waals surface area contributed by atoms with E-state index in [4.69, 9.17) is 4.74 Å². The SMILES string of the molecule is CCC(C)(COC)C(=O)[O-]. The number of hydrogen-bond acceptors (Lipinski definition) is 3. The van der Waals surface area contributed by atoms with Gasteiger partial charge in [0.25, 0.3) is 0 Å². The summed E-state index contributed by atoms with van der Waals surface area (Å²) in [6.07, 6.45) is 0.531.